The monoisotopic (exact) mass is 469 g/mol. The molecular formula is C24H15N5O2S2. The third kappa shape index (κ3) is 3.28. The Labute approximate surface area is 198 Å². The number of hydrogen-bond acceptors (Lipinski definition) is 8. The molecule has 0 bridgehead atoms. The first-order chi connectivity index (χ1) is 16.1. The maximum atomic E-state index is 13.5. The lowest BCUT2D eigenvalue weighted by Crippen LogP contribution is -2.27. The highest BCUT2D eigenvalue weighted by molar-refractivity contribution is 8.26. The summed E-state index contributed by atoms with van der Waals surface area (Å²) >= 11 is 6.83. The number of amides is 1. The van der Waals surface area contributed by atoms with Crippen molar-refractivity contribution in [2.45, 2.75) is 13.5 Å². The van der Waals surface area contributed by atoms with E-state index in [0.717, 1.165) is 39.2 Å². The third-order valence-corrected chi connectivity index (χ3v) is 6.96. The molecule has 0 unspecified atom stereocenters. The van der Waals surface area contributed by atoms with Crippen molar-refractivity contribution in [3.63, 3.8) is 0 Å². The summed E-state index contributed by atoms with van der Waals surface area (Å²) in [5.74, 6) is 0.537. The normalized spacial score (nSPS) is 14.8. The number of hydrogen-bond donors (Lipinski definition) is 0. The number of aryl methyl sites for hydroxylation is 1. The van der Waals surface area contributed by atoms with Crippen molar-refractivity contribution in [2.75, 3.05) is 0 Å². The van der Waals surface area contributed by atoms with E-state index < -0.39 is 0 Å². The van der Waals surface area contributed by atoms with E-state index in [2.05, 4.69) is 20.2 Å². The number of nitrogens with zero attached hydrogens (tertiary/aromatic N) is 5. The molecule has 2 aliphatic rings. The van der Waals surface area contributed by atoms with Gasteiger partial charge in [0.15, 0.2) is 0 Å². The second-order valence-electron chi connectivity index (χ2n) is 7.63. The van der Waals surface area contributed by atoms with E-state index >= 15 is 0 Å². The topological polar surface area (TPSA) is 85.0 Å². The minimum atomic E-state index is -0.193. The SMILES string of the molecule is Cc1ccc(-c2nnc(CN3C(=O)C(=C4c5cccnc5-c5ncccc54)SC3=S)o2)cc1. The van der Waals surface area contributed by atoms with Crippen molar-refractivity contribution >= 4 is 39.8 Å². The molecule has 0 radical (unpaired) electrons. The van der Waals surface area contributed by atoms with Crippen molar-refractivity contribution < 1.29 is 9.21 Å². The number of carbonyl (C=O) groups excluding carboxylic acids is 1. The highest BCUT2D eigenvalue weighted by Crippen LogP contribution is 2.48. The Balaban J connectivity index is 1.34. The Morgan fingerprint density at radius 2 is 1.64 bits per heavy atom. The molecule has 1 amide bonds. The molecule has 1 aromatic carbocycles. The van der Waals surface area contributed by atoms with Crippen LogP contribution >= 0.6 is 24.0 Å². The van der Waals surface area contributed by atoms with Crippen LogP contribution in [0.2, 0.25) is 0 Å². The molecule has 1 aliphatic heterocycles. The van der Waals surface area contributed by atoms with Crippen LogP contribution in [0.1, 0.15) is 22.6 Å². The maximum absolute atomic E-state index is 13.5. The summed E-state index contributed by atoms with van der Waals surface area (Å²) in [7, 11) is 0. The van der Waals surface area contributed by atoms with Crippen LogP contribution in [0.5, 0.6) is 0 Å². The molecule has 0 spiro atoms. The van der Waals surface area contributed by atoms with Crippen LogP contribution in [0, 0.1) is 6.92 Å². The number of rotatable bonds is 3. The predicted molar refractivity (Wildman–Crippen MR) is 129 cm³/mol. The minimum Gasteiger partial charge on any atom is -0.419 e. The number of carbonyl (C=O) groups is 1. The van der Waals surface area contributed by atoms with Gasteiger partial charge in [-0.3, -0.25) is 19.7 Å². The molecule has 9 heteroatoms. The minimum absolute atomic E-state index is 0.111. The van der Waals surface area contributed by atoms with Gasteiger partial charge in [-0.15, -0.1) is 10.2 Å². The van der Waals surface area contributed by atoms with Crippen LogP contribution in [0.25, 0.3) is 28.4 Å². The quantitative estimate of drug-likeness (QED) is 0.279. The molecule has 7 nitrogen and oxygen atoms in total. The van der Waals surface area contributed by atoms with Crippen molar-refractivity contribution in [1.29, 1.82) is 0 Å². The first-order valence-electron chi connectivity index (χ1n) is 10.2. The van der Waals surface area contributed by atoms with Crippen LogP contribution in [-0.2, 0) is 11.3 Å². The number of fused-ring (bicyclic) bond motifs is 3. The molecule has 1 aliphatic carbocycles. The summed E-state index contributed by atoms with van der Waals surface area (Å²) in [6, 6.07) is 15.4. The average Bonchev–Trinajstić information content (AvgIpc) is 3.51. The highest BCUT2D eigenvalue weighted by atomic mass is 32.2. The lowest BCUT2D eigenvalue weighted by atomic mass is 10.1. The number of aromatic nitrogens is 4. The molecule has 4 aromatic rings. The zero-order chi connectivity index (χ0) is 22.5. The predicted octanol–water partition coefficient (Wildman–Crippen LogP) is 4.64. The van der Waals surface area contributed by atoms with Gasteiger partial charge in [0.1, 0.15) is 10.9 Å². The fourth-order valence-electron chi connectivity index (χ4n) is 3.93. The van der Waals surface area contributed by atoms with Gasteiger partial charge >= 0.3 is 0 Å². The van der Waals surface area contributed by atoms with Gasteiger partial charge in [-0.2, -0.15) is 0 Å². The molecule has 1 fully saturated rings. The largest absolute Gasteiger partial charge is 0.419 e. The molecular weight excluding hydrogens is 454 g/mol. The lowest BCUT2D eigenvalue weighted by Gasteiger charge is -2.11. The van der Waals surface area contributed by atoms with Gasteiger partial charge in [0.05, 0.1) is 16.3 Å². The molecule has 160 valence electrons. The van der Waals surface area contributed by atoms with Crippen LogP contribution in [-0.4, -0.2) is 35.3 Å². The lowest BCUT2D eigenvalue weighted by molar-refractivity contribution is -0.122. The van der Waals surface area contributed by atoms with Gasteiger partial charge in [-0.1, -0.05) is 53.8 Å². The number of thiocarbonyl (C=S) groups is 1. The second-order valence-corrected chi connectivity index (χ2v) is 9.27. The Bertz CT molecular complexity index is 1430. The van der Waals surface area contributed by atoms with Gasteiger partial charge in [-0.25, -0.2) is 0 Å². The van der Waals surface area contributed by atoms with E-state index in [1.165, 1.54) is 16.7 Å². The maximum Gasteiger partial charge on any atom is 0.267 e. The van der Waals surface area contributed by atoms with Gasteiger partial charge in [0.25, 0.3) is 5.91 Å². The Morgan fingerprint density at radius 3 is 2.30 bits per heavy atom. The van der Waals surface area contributed by atoms with Gasteiger partial charge in [0.2, 0.25) is 11.8 Å². The number of thioether (sulfide) groups is 1. The molecule has 6 rings (SSSR count). The average molecular weight is 470 g/mol. The van der Waals surface area contributed by atoms with Gasteiger partial charge < -0.3 is 4.42 Å². The zero-order valence-corrected chi connectivity index (χ0v) is 19.0. The summed E-state index contributed by atoms with van der Waals surface area (Å²) in [4.78, 5) is 24.5. The summed E-state index contributed by atoms with van der Waals surface area (Å²) in [6.45, 7) is 2.13. The molecule has 3 aromatic heterocycles. The van der Waals surface area contributed by atoms with Crippen molar-refractivity contribution in [1.82, 2.24) is 25.1 Å². The smallest absolute Gasteiger partial charge is 0.267 e. The second kappa shape index (κ2) is 7.72. The zero-order valence-electron chi connectivity index (χ0n) is 17.3. The Morgan fingerprint density at radius 1 is 0.970 bits per heavy atom. The van der Waals surface area contributed by atoms with Crippen molar-refractivity contribution in [3.05, 3.63) is 88.4 Å². The fraction of sp³-hybridized carbons (Fsp3) is 0.0833. The summed E-state index contributed by atoms with van der Waals surface area (Å²) in [6.07, 6.45) is 3.46. The molecule has 0 N–H and O–H groups in total. The van der Waals surface area contributed by atoms with Crippen molar-refractivity contribution in [2.24, 2.45) is 0 Å². The Kier molecular flexibility index (Phi) is 4.67. The molecule has 1 saturated heterocycles. The first-order valence-corrected chi connectivity index (χ1v) is 11.4. The van der Waals surface area contributed by atoms with E-state index in [9.17, 15) is 4.79 Å². The molecule has 0 saturated carbocycles. The summed E-state index contributed by atoms with van der Waals surface area (Å²) < 4.78 is 6.27. The first kappa shape index (κ1) is 20.0. The van der Waals surface area contributed by atoms with Crippen molar-refractivity contribution in [3.8, 4) is 22.8 Å². The number of benzene rings is 1. The molecule has 4 heterocycles. The third-order valence-electron chi connectivity index (χ3n) is 5.51. The van der Waals surface area contributed by atoms with Crippen LogP contribution < -0.4 is 0 Å². The van der Waals surface area contributed by atoms with Crippen LogP contribution in [0.3, 0.4) is 0 Å². The molecule has 33 heavy (non-hydrogen) atoms. The van der Waals surface area contributed by atoms with E-state index in [0.29, 0.717) is 21.0 Å². The summed E-state index contributed by atoms with van der Waals surface area (Å²) in [5.41, 5.74) is 6.08. The highest BCUT2D eigenvalue weighted by Gasteiger charge is 2.39. The van der Waals surface area contributed by atoms with Crippen LogP contribution in [0.15, 0.2) is 70.2 Å². The Hall–Kier alpha value is -3.69. The van der Waals surface area contributed by atoms with E-state index in [-0.39, 0.29) is 12.5 Å². The van der Waals surface area contributed by atoms with E-state index in [1.807, 2.05) is 55.5 Å². The van der Waals surface area contributed by atoms with Gasteiger partial charge in [-0.05, 0) is 31.2 Å². The van der Waals surface area contributed by atoms with Gasteiger partial charge in [0, 0.05) is 34.7 Å². The fourth-order valence-corrected chi connectivity index (χ4v) is 5.28. The number of pyridine rings is 2. The van der Waals surface area contributed by atoms with E-state index in [4.69, 9.17) is 16.6 Å². The van der Waals surface area contributed by atoms with E-state index in [1.54, 1.807) is 12.4 Å². The van der Waals surface area contributed by atoms with Crippen LogP contribution in [0.4, 0.5) is 0 Å². The molecule has 0 atom stereocenters. The standard InChI is InChI=1S/C24H15N5O2S2/c1-13-6-8-14(9-7-13)22-28-27-17(31-22)12-29-23(30)21(33-24(29)32)18-15-4-2-10-25-19(15)20-16(18)5-3-11-26-20/h2-11H,12H2,1H3. The summed E-state index contributed by atoms with van der Waals surface area (Å²) in [5, 5.41) is 8.26.